The number of anilines is 2. The zero-order chi connectivity index (χ0) is 14.0. The summed E-state index contributed by atoms with van der Waals surface area (Å²) >= 11 is 4.99. The summed E-state index contributed by atoms with van der Waals surface area (Å²) in [6.07, 6.45) is 0. The molecule has 0 spiro atoms. The summed E-state index contributed by atoms with van der Waals surface area (Å²) in [5.41, 5.74) is 1.03. The molecule has 0 saturated carbocycles. The van der Waals surface area contributed by atoms with Crippen molar-refractivity contribution in [2.75, 3.05) is 5.32 Å². The maximum Gasteiger partial charge on any atom is 0.162 e. The highest BCUT2D eigenvalue weighted by molar-refractivity contribution is 14.1. The van der Waals surface area contributed by atoms with Crippen LogP contribution in [0.4, 0.5) is 20.2 Å². The minimum atomic E-state index is -0.556. The quantitative estimate of drug-likeness (QED) is 0.679. The molecule has 1 N–H and O–H groups in total. The van der Waals surface area contributed by atoms with E-state index in [-0.39, 0.29) is 21.5 Å². The molecule has 0 aliphatic heterocycles. The van der Waals surface area contributed by atoms with Crippen LogP contribution in [0, 0.1) is 26.5 Å². The van der Waals surface area contributed by atoms with Gasteiger partial charge >= 0.3 is 0 Å². The summed E-state index contributed by atoms with van der Waals surface area (Å²) in [5.74, 6) is -0.907. The zero-order valence-electron chi connectivity index (χ0n) is 9.35. The molecule has 0 saturated heterocycles. The second-order valence-corrected chi connectivity index (χ2v) is 5.60. The molecule has 19 heavy (non-hydrogen) atoms. The van der Waals surface area contributed by atoms with Gasteiger partial charge < -0.3 is 5.32 Å². The van der Waals surface area contributed by atoms with Crippen molar-refractivity contribution in [1.82, 2.24) is 0 Å². The average molecular weight is 435 g/mol. The Kier molecular flexibility index (Phi) is 4.37. The van der Waals surface area contributed by atoms with Gasteiger partial charge in [0.05, 0.1) is 21.4 Å². The fourth-order valence-electron chi connectivity index (χ4n) is 1.47. The monoisotopic (exact) mass is 434 g/mol. The van der Waals surface area contributed by atoms with E-state index in [1.807, 2.05) is 28.7 Å². The minimum Gasteiger partial charge on any atom is -0.352 e. The highest BCUT2D eigenvalue weighted by Crippen LogP contribution is 2.30. The predicted molar refractivity (Wildman–Crippen MR) is 81.2 cm³/mol. The molecule has 6 heteroatoms. The molecule has 2 aromatic carbocycles. The third-order valence-corrected chi connectivity index (χ3v) is 4.07. The molecule has 0 aliphatic rings. The second-order valence-electron chi connectivity index (χ2n) is 3.65. The normalized spacial score (nSPS) is 10.1. The van der Waals surface area contributed by atoms with Crippen LogP contribution in [0.2, 0.25) is 0 Å². The first kappa shape index (κ1) is 14.2. The maximum atomic E-state index is 14.0. The van der Waals surface area contributed by atoms with Gasteiger partial charge in [0.1, 0.15) is 11.9 Å². The molecule has 2 rings (SSSR count). The van der Waals surface area contributed by atoms with E-state index in [1.54, 1.807) is 0 Å². The van der Waals surface area contributed by atoms with Crippen molar-refractivity contribution in [3.8, 4) is 6.07 Å². The number of nitrogens with one attached hydrogen (secondary N) is 1. The van der Waals surface area contributed by atoms with Crippen LogP contribution in [-0.4, -0.2) is 0 Å². The van der Waals surface area contributed by atoms with Gasteiger partial charge in [0.2, 0.25) is 0 Å². The highest BCUT2D eigenvalue weighted by Gasteiger charge is 2.12. The van der Waals surface area contributed by atoms with Crippen LogP contribution in [0.15, 0.2) is 34.8 Å². The molecule has 0 aromatic heterocycles. The maximum absolute atomic E-state index is 14.0. The SMILES string of the molecule is N#Cc1ccc(Nc2ccc(F)cc2I)c(F)c1Br. The molecule has 0 radical (unpaired) electrons. The molecule has 0 bridgehead atoms. The number of rotatable bonds is 2. The number of hydrogen-bond donors (Lipinski definition) is 1. The van der Waals surface area contributed by atoms with Crippen LogP contribution in [-0.2, 0) is 0 Å². The standard InChI is InChI=1S/C13H6BrF2IN2/c14-12-7(6-18)1-3-11(13(12)16)19-10-4-2-8(15)5-9(10)17/h1-5,19H. The Morgan fingerprint density at radius 1 is 1.16 bits per heavy atom. The average Bonchev–Trinajstić information content (AvgIpc) is 2.38. The lowest BCUT2D eigenvalue weighted by Gasteiger charge is -2.11. The molecule has 0 unspecified atom stereocenters. The largest absolute Gasteiger partial charge is 0.352 e. The Labute approximate surface area is 130 Å². The minimum absolute atomic E-state index is 0.108. The Morgan fingerprint density at radius 3 is 2.47 bits per heavy atom. The van der Waals surface area contributed by atoms with Crippen LogP contribution in [0.1, 0.15) is 5.56 Å². The van der Waals surface area contributed by atoms with E-state index < -0.39 is 5.82 Å². The molecule has 96 valence electrons. The van der Waals surface area contributed by atoms with E-state index in [0.717, 1.165) is 0 Å². The first-order valence-corrected chi connectivity index (χ1v) is 7.00. The number of hydrogen-bond acceptors (Lipinski definition) is 2. The van der Waals surface area contributed by atoms with Crippen molar-refractivity contribution in [1.29, 1.82) is 5.26 Å². The van der Waals surface area contributed by atoms with Crippen molar-refractivity contribution < 1.29 is 8.78 Å². The molecule has 0 amide bonds. The van der Waals surface area contributed by atoms with Crippen LogP contribution in [0.5, 0.6) is 0 Å². The second kappa shape index (κ2) is 5.84. The first-order valence-electron chi connectivity index (χ1n) is 5.13. The molecule has 2 nitrogen and oxygen atoms in total. The molecule has 0 heterocycles. The molecule has 0 fully saturated rings. The molecule has 0 aliphatic carbocycles. The van der Waals surface area contributed by atoms with Crippen molar-refractivity contribution >= 4 is 49.9 Å². The van der Waals surface area contributed by atoms with Gasteiger partial charge in [0.25, 0.3) is 0 Å². The van der Waals surface area contributed by atoms with Gasteiger partial charge in [-0.05, 0) is 68.9 Å². The Morgan fingerprint density at radius 2 is 1.84 bits per heavy atom. The first-order chi connectivity index (χ1) is 9.02. The molecule has 0 atom stereocenters. The van der Waals surface area contributed by atoms with Crippen LogP contribution in [0.25, 0.3) is 0 Å². The summed E-state index contributed by atoms with van der Waals surface area (Å²) in [4.78, 5) is 0. The van der Waals surface area contributed by atoms with Gasteiger partial charge in [-0.25, -0.2) is 8.78 Å². The topological polar surface area (TPSA) is 35.8 Å². The predicted octanol–water partition coefficient (Wildman–Crippen LogP) is 4.95. The number of benzene rings is 2. The lowest BCUT2D eigenvalue weighted by atomic mass is 10.2. The number of nitrogens with zero attached hydrogens (tertiary/aromatic N) is 1. The molecule has 2 aromatic rings. The van der Waals surface area contributed by atoms with Crippen LogP contribution < -0.4 is 5.32 Å². The summed E-state index contributed by atoms with van der Waals surface area (Å²) in [5, 5.41) is 11.7. The lowest BCUT2D eigenvalue weighted by Crippen LogP contribution is -1.98. The molecular formula is C13H6BrF2IN2. The van der Waals surface area contributed by atoms with Crippen LogP contribution in [0.3, 0.4) is 0 Å². The number of halogens is 4. The van der Waals surface area contributed by atoms with Gasteiger partial charge in [-0.2, -0.15) is 5.26 Å². The zero-order valence-corrected chi connectivity index (χ0v) is 13.1. The van der Waals surface area contributed by atoms with E-state index in [4.69, 9.17) is 5.26 Å². The van der Waals surface area contributed by atoms with Gasteiger partial charge in [-0.15, -0.1) is 0 Å². The summed E-state index contributed by atoms with van der Waals surface area (Å²) in [6.45, 7) is 0. The lowest BCUT2D eigenvalue weighted by molar-refractivity contribution is 0.624. The van der Waals surface area contributed by atoms with Crippen LogP contribution >= 0.6 is 38.5 Å². The third kappa shape index (κ3) is 3.04. The Hall–Kier alpha value is -1.20. The third-order valence-electron chi connectivity index (χ3n) is 2.40. The van der Waals surface area contributed by atoms with E-state index in [0.29, 0.717) is 9.26 Å². The Balaban J connectivity index is 2.39. The van der Waals surface area contributed by atoms with Crippen molar-refractivity contribution in [3.05, 3.63) is 55.6 Å². The van der Waals surface area contributed by atoms with Gasteiger partial charge in [0, 0.05) is 3.57 Å². The summed E-state index contributed by atoms with van der Waals surface area (Å²) in [6, 6.07) is 9.03. The van der Waals surface area contributed by atoms with Crippen molar-refractivity contribution in [3.63, 3.8) is 0 Å². The number of nitriles is 1. The summed E-state index contributed by atoms with van der Waals surface area (Å²) < 4.78 is 27.7. The smallest absolute Gasteiger partial charge is 0.162 e. The summed E-state index contributed by atoms with van der Waals surface area (Å²) in [7, 11) is 0. The van der Waals surface area contributed by atoms with Crippen molar-refractivity contribution in [2.24, 2.45) is 0 Å². The van der Waals surface area contributed by atoms with Gasteiger partial charge in [-0.3, -0.25) is 0 Å². The van der Waals surface area contributed by atoms with E-state index >= 15 is 0 Å². The highest BCUT2D eigenvalue weighted by atomic mass is 127. The Bertz CT molecular complexity index is 683. The van der Waals surface area contributed by atoms with E-state index in [2.05, 4.69) is 21.2 Å². The van der Waals surface area contributed by atoms with Gasteiger partial charge in [0.15, 0.2) is 5.82 Å². The van der Waals surface area contributed by atoms with Gasteiger partial charge in [-0.1, -0.05) is 0 Å². The van der Waals surface area contributed by atoms with Crippen molar-refractivity contribution in [2.45, 2.75) is 0 Å². The molecular weight excluding hydrogens is 429 g/mol. The fraction of sp³-hybridized carbons (Fsp3) is 0. The van der Waals surface area contributed by atoms with E-state index in [9.17, 15) is 8.78 Å². The van der Waals surface area contributed by atoms with E-state index in [1.165, 1.54) is 30.3 Å². The fourth-order valence-corrected chi connectivity index (χ4v) is 2.51.